The highest BCUT2D eigenvalue weighted by Crippen LogP contribution is 2.22. The van der Waals surface area contributed by atoms with Gasteiger partial charge in [-0.05, 0) is 31.5 Å². The number of aromatic nitrogens is 1. The van der Waals surface area contributed by atoms with E-state index in [2.05, 4.69) is 5.32 Å². The van der Waals surface area contributed by atoms with E-state index in [1.54, 1.807) is 22.8 Å². The number of nitrogen functional groups attached to an aromatic ring is 1. The molecule has 0 aliphatic carbocycles. The molecule has 5 nitrogen and oxygen atoms in total. The topological polar surface area (TPSA) is 77.1 Å². The molecule has 1 heterocycles. The number of benzene rings is 1. The monoisotopic (exact) mass is 325 g/mol. The second-order valence-electron chi connectivity index (χ2n) is 4.68. The Morgan fingerprint density at radius 2 is 2.24 bits per heavy atom. The Morgan fingerprint density at radius 3 is 2.86 bits per heavy atom. The van der Waals surface area contributed by atoms with Crippen molar-refractivity contribution < 1.29 is 4.79 Å². The lowest BCUT2D eigenvalue weighted by Gasteiger charge is -2.09. The number of carbonyl (C=O) groups excluding carboxylic acids is 1. The molecule has 112 valence electrons. The number of amides is 1. The zero-order valence-electron chi connectivity index (χ0n) is 11.6. The van der Waals surface area contributed by atoms with Crippen molar-refractivity contribution in [3.8, 4) is 0 Å². The summed E-state index contributed by atoms with van der Waals surface area (Å²) in [6, 6.07) is 4.93. The van der Waals surface area contributed by atoms with Crippen molar-refractivity contribution in [3.05, 3.63) is 44.0 Å². The van der Waals surface area contributed by atoms with Gasteiger partial charge in [0.1, 0.15) is 0 Å². The van der Waals surface area contributed by atoms with Crippen LogP contribution in [-0.4, -0.2) is 10.5 Å². The highest BCUT2D eigenvalue weighted by Gasteiger charge is 2.07. The summed E-state index contributed by atoms with van der Waals surface area (Å²) in [5.74, 6) is -0.134. The van der Waals surface area contributed by atoms with Crippen LogP contribution >= 0.6 is 22.9 Å². The minimum Gasteiger partial charge on any atom is -0.397 e. The number of nitrogens with one attached hydrogen (secondary N) is 1. The number of thiazole rings is 1. The number of hydrogen-bond acceptors (Lipinski definition) is 4. The van der Waals surface area contributed by atoms with Crippen molar-refractivity contribution in [3.63, 3.8) is 0 Å². The first-order valence-corrected chi connectivity index (χ1v) is 7.73. The highest BCUT2D eigenvalue weighted by atomic mass is 35.5. The fourth-order valence-electron chi connectivity index (χ4n) is 1.93. The van der Waals surface area contributed by atoms with E-state index >= 15 is 0 Å². The van der Waals surface area contributed by atoms with E-state index in [0.29, 0.717) is 35.8 Å². The zero-order chi connectivity index (χ0) is 15.4. The maximum atomic E-state index is 11.9. The van der Waals surface area contributed by atoms with Gasteiger partial charge in [-0.3, -0.25) is 9.59 Å². The molecule has 0 radical (unpaired) electrons. The van der Waals surface area contributed by atoms with Crippen molar-refractivity contribution in [2.24, 2.45) is 0 Å². The smallest absolute Gasteiger partial charge is 0.307 e. The normalized spacial score (nSPS) is 10.6. The molecule has 2 aromatic rings. The Morgan fingerprint density at radius 1 is 1.48 bits per heavy atom. The Kier molecular flexibility index (Phi) is 5.03. The lowest BCUT2D eigenvalue weighted by atomic mass is 10.2. The van der Waals surface area contributed by atoms with Gasteiger partial charge < -0.3 is 15.6 Å². The second-order valence-corrected chi connectivity index (χ2v) is 5.94. The van der Waals surface area contributed by atoms with Gasteiger partial charge in [-0.1, -0.05) is 22.9 Å². The number of hydrogen-bond donors (Lipinski definition) is 2. The predicted octanol–water partition coefficient (Wildman–Crippen LogP) is 2.87. The number of carbonyl (C=O) groups is 1. The number of aryl methyl sites for hydroxylation is 1. The standard InChI is InChI=1S/C14H16ClN3O2S/c1-9-8-21-14(20)18(9)6-2-3-13(19)17-12-5-4-10(15)7-11(12)16/h4-5,7-8H,2-3,6,16H2,1H3,(H,17,19). The molecule has 0 fully saturated rings. The van der Waals surface area contributed by atoms with E-state index in [1.165, 1.54) is 11.3 Å². The molecule has 0 atom stereocenters. The van der Waals surface area contributed by atoms with Gasteiger partial charge >= 0.3 is 4.87 Å². The molecule has 2 rings (SSSR count). The molecule has 1 aromatic heterocycles. The number of rotatable bonds is 5. The molecule has 0 saturated carbocycles. The van der Waals surface area contributed by atoms with Crippen LogP contribution in [0.15, 0.2) is 28.4 Å². The lowest BCUT2D eigenvalue weighted by Crippen LogP contribution is -2.17. The molecular formula is C14H16ClN3O2S. The average Bonchev–Trinajstić information content (AvgIpc) is 2.74. The van der Waals surface area contributed by atoms with Gasteiger partial charge in [-0.15, -0.1) is 0 Å². The molecule has 0 spiro atoms. The third kappa shape index (κ3) is 4.09. The number of anilines is 2. The average molecular weight is 326 g/mol. The van der Waals surface area contributed by atoms with E-state index in [0.717, 1.165) is 5.69 Å². The van der Waals surface area contributed by atoms with E-state index in [1.807, 2.05) is 12.3 Å². The van der Waals surface area contributed by atoms with Gasteiger partial charge in [0.05, 0.1) is 11.4 Å². The van der Waals surface area contributed by atoms with Crippen LogP contribution < -0.4 is 15.9 Å². The van der Waals surface area contributed by atoms with Gasteiger partial charge in [-0.25, -0.2) is 0 Å². The number of halogens is 1. The minimum absolute atomic E-state index is 0.00912. The molecule has 0 aliphatic rings. The predicted molar refractivity (Wildman–Crippen MR) is 87.0 cm³/mol. The lowest BCUT2D eigenvalue weighted by molar-refractivity contribution is -0.116. The Bertz CT molecular complexity index is 708. The van der Waals surface area contributed by atoms with Gasteiger partial charge in [0, 0.05) is 29.1 Å². The van der Waals surface area contributed by atoms with E-state index in [-0.39, 0.29) is 10.8 Å². The Balaban J connectivity index is 1.87. The SMILES string of the molecule is Cc1csc(=O)n1CCCC(=O)Nc1ccc(Cl)cc1N. The maximum absolute atomic E-state index is 11.9. The number of nitrogens with two attached hydrogens (primary N) is 1. The molecule has 0 unspecified atom stereocenters. The number of nitrogens with zero attached hydrogens (tertiary/aromatic N) is 1. The quantitative estimate of drug-likeness (QED) is 0.830. The molecule has 0 aliphatic heterocycles. The largest absolute Gasteiger partial charge is 0.397 e. The van der Waals surface area contributed by atoms with Gasteiger partial charge in [-0.2, -0.15) is 0 Å². The van der Waals surface area contributed by atoms with Crippen LogP contribution in [0, 0.1) is 6.92 Å². The summed E-state index contributed by atoms with van der Waals surface area (Å²) in [6.45, 7) is 2.42. The first kappa shape index (κ1) is 15.6. The summed E-state index contributed by atoms with van der Waals surface area (Å²) < 4.78 is 1.68. The van der Waals surface area contributed by atoms with Crippen molar-refractivity contribution in [1.82, 2.24) is 4.57 Å². The van der Waals surface area contributed by atoms with Crippen LogP contribution in [0.2, 0.25) is 5.02 Å². The van der Waals surface area contributed by atoms with Crippen LogP contribution in [0.3, 0.4) is 0 Å². The summed E-state index contributed by atoms with van der Waals surface area (Å²) in [6.07, 6.45) is 0.917. The first-order chi connectivity index (χ1) is 9.97. The molecule has 0 saturated heterocycles. The summed E-state index contributed by atoms with van der Waals surface area (Å²) in [7, 11) is 0. The van der Waals surface area contributed by atoms with Crippen molar-refractivity contribution in [2.45, 2.75) is 26.3 Å². The third-order valence-corrected chi connectivity index (χ3v) is 4.17. The molecule has 1 aromatic carbocycles. The van der Waals surface area contributed by atoms with Crippen LogP contribution in [0.25, 0.3) is 0 Å². The first-order valence-electron chi connectivity index (χ1n) is 6.47. The van der Waals surface area contributed by atoms with Crippen LogP contribution in [0.5, 0.6) is 0 Å². The van der Waals surface area contributed by atoms with Crippen LogP contribution in [0.4, 0.5) is 11.4 Å². The van der Waals surface area contributed by atoms with Crippen molar-refractivity contribution >= 4 is 40.2 Å². The molecule has 21 heavy (non-hydrogen) atoms. The Hall–Kier alpha value is -1.79. The molecule has 1 amide bonds. The van der Waals surface area contributed by atoms with Gasteiger partial charge in [0.2, 0.25) is 5.91 Å². The Labute approximate surface area is 131 Å². The summed E-state index contributed by atoms with van der Waals surface area (Å²) in [4.78, 5) is 23.4. The highest BCUT2D eigenvalue weighted by molar-refractivity contribution is 7.07. The summed E-state index contributed by atoms with van der Waals surface area (Å²) in [5.41, 5.74) is 7.68. The summed E-state index contributed by atoms with van der Waals surface area (Å²) in [5, 5.41) is 5.08. The van der Waals surface area contributed by atoms with E-state index in [9.17, 15) is 9.59 Å². The summed E-state index contributed by atoms with van der Waals surface area (Å²) >= 11 is 6.97. The van der Waals surface area contributed by atoms with Crippen molar-refractivity contribution in [2.75, 3.05) is 11.1 Å². The minimum atomic E-state index is -0.134. The zero-order valence-corrected chi connectivity index (χ0v) is 13.1. The molecule has 7 heteroatoms. The molecule has 0 bridgehead atoms. The molecular weight excluding hydrogens is 310 g/mol. The van der Waals surface area contributed by atoms with Gasteiger partial charge in [0.25, 0.3) is 0 Å². The second kappa shape index (κ2) is 6.78. The fraction of sp³-hybridized carbons (Fsp3) is 0.286. The van der Waals surface area contributed by atoms with E-state index < -0.39 is 0 Å². The third-order valence-electron chi connectivity index (χ3n) is 3.05. The van der Waals surface area contributed by atoms with E-state index in [4.69, 9.17) is 17.3 Å². The van der Waals surface area contributed by atoms with Crippen LogP contribution in [0.1, 0.15) is 18.5 Å². The molecule has 3 N–H and O–H groups in total. The fourth-order valence-corrected chi connectivity index (χ4v) is 2.87. The van der Waals surface area contributed by atoms with Gasteiger partial charge in [0.15, 0.2) is 0 Å². The maximum Gasteiger partial charge on any atom is 0.307 e. The van der Waals surface area contributed by atoms with Crippen LogP contribution in [-0.2, 0) is 11.3 Å². The van der Waals surface area contributed by atoms with Crippen molar-refractivity contribution in [1.29, 1.82) is 0 Å².